The van der Waals surface area contributed by atoms with Crippen LogP contribution in [0.3, 0.4) is 0 Å². The molecule has 2 saturated heterocycles. The number of carbonyl (C=O) groups excluding carboxylic acids is 1. The molecule has 0 bridgehead atoms. The molecule has 5 nitrogen and oxygen atoms in total. The second kappa shape index (κ2) is 9.33. The lowest BCUT2D eigenvalue weighted by molar-refractivity contribution is -0.138. The third kappa shape index (κ3) is 5.18. The number of likely N-dealkylation sites (tertiary alicyclic amines) is 2. The van der Waals surface area contributed by atoms with Crippen LogP contribution in [0.5, 0.6) is 0 Å². The van der Waals surface area contributed by atoms with Crippen LogP contribution in [-0.4, -0.2) is 66.7 Å². The third-order valence-corrected chi connectivity index (χ3v) is 6.56. The van der Waals surface area contributed by atoms with Gasteiger partial charge in [0, 0.05) is 26.2 Å². The normalized spacial score (nSPS) is 26.7. The van der Waals surface area contributed by atoms with Gasteiger partial charge in [-0.15, -0.1) is 0 Å². The first-order chi connectivity index (χ1) is 12.2. The molecule has 1 unspecified atom stereocenters. The van der Waals surface area contributed by atoms with Crippen molar-refractivity contribution in [3.8, 4) is 0 Å². The lowest BCUT2D eigenvalue weighted by atomic mass is 9.83. The molecular formula is C20H37N3O2. The summed E-state index contributed by atoms with van der Waals surface area (Å²) in [5.41, 5.74) is 6.31. The summed E-state index contributed by atoms with van der Waals surface area (Å²) in [5.74, 6) is 0.584. The van der Waals surface area contributed by atoms with Crippen LogP contribution >= 0.6 is 0 Å². The summed E-state index contributed by atoms with van der Waals surface area (Å²) in [6.07, 6.45) is 11.0. The number of hydrogen-bond acceptors (Lipinski definition) is 4. The fraction of sp³-hybridized carbons (Fsp3) is 0.950. The molecule has 2 aliphatic heterocycles. The van der Waals surface area contributed by atoms with Crippen molar-refractivity contribution in [3.05, 3.63) is 0 Å². The van der Waals surface area contributed by atoms with Gasteiger partial charge in [0.2, 0.25) is 5.91 Å². The van der Waals surface area contributed by atoms with E-state index in [1.807, 2.05) is 4.90 Å². The molecule has 144 valence electrons. The molecule has 25 heavy (non-hydrogen) atoms. The minimum atomic E-state index is -0.281. The van der Waals surface area contributed by atoms with Crippen LogP contribution in [0.25, 0.3) is 0 Å². The fourth-order valence-corrected chi connectivity index (χ4v) is 4.75. The standard InChI is InChI=1S/C20H37N3O2/c1-2-22-12-8-17(9-13-22)25-18-10-14-23(15-11-18)20(24)19(21)16-6-4-3-5-7-16/h16-19H,2-15,21H2,1H3. The van der Waals surface area contributed by atoms with Crippen LogP contribution in [0.2, 0.25) is 0 Å². The molecule has 2 heterocycles. The molecule has 0 spiro atoms. The van der Waals surface area contributed by atoms with Gasteiger partial charge in [-0.25, -0.2) is 0 Å². The Morgan fingerprint density at radius 3 is 2.08 bits per heavy atom. The van der Waals surface area contributed by atoms with E-state index in [2.05, 4.69) is 11.8 Å². The van der Waals surface area contributed by atoms with Crippen molar-refractivity contribution in [1.82, 2.24) is 9.80 Å². The van der Waals surface area contributed by atoms with Crippen molar-refractivity contribution in [2.24, 2.45) is 11.7 Å². The number of carbonyl (C=O) groups is 1. The average molecular weight is 352 g/mol. The van der Waals surface area contributed by atoms with Crippen molar-refractivity contribution < 1.29 is 9.53 Å². The van der Waals surface area contributed by atoms with E-state index in [9.17, 15) is 4.79 Å². The predicted molar refractivity (Wildman–Crippen MR) is 100 cm³/mol. The van der Waals surface area contributed by atoms with Crippen LogP contribution in [-0.2, 0) is 9.53 Å². The number of rotatable bonds is 5. The fourth-order valence-electron chi connectivity index (χ4n) is 4.75. The first kappa shape index (κ1) is 19.1. The molecule has 1 atom stereocenters. The van der Waals surface area contributed by atoms with Crippen molar-refractivity contribution in [3.63, 3.8) is 0 Å². The van der Waals surface area contributed by atoms with E-state index in [1.54, 1.807) is 0 Å². The molecule has 0 aromatic heterocycles. The highest BCUT2D eigenvalue weighted by atomic mass is 16.5. The van der Waals surface area contributed by atoms with E-state index < -0.39 is 0 Å². The Bertz CT molecular complexity index is 409. The van der Waals surface area contributed by atoms with Crippen LogP contribution in [0.15, 0.2) is 0 Å². The zero-order chi connectivity index (χ0) is 17.6. The topological polar surface area (TPSA) is 58.8 Å². The Balaban J connectivity index is 1.38. The predicted octanol–water partition coefficient (Wildman–Crippen LogP) is 2.39. The number of amides is 1. The zero-order valence-electron chi connectivity index (χ0n) is 16.0. The number of piperidine rings is 2. The van der Waals surface area contributed by atoms with Gasteiger partial charge < -0.3 is 20.3 Å². The molecule has 1 saturated carbocycles. The summed E-state index contributed by atoms with van der Waals surface area (Å²) < 4.78 is 6.33. The van der Waals surface area contributed by atoms with Gasteiger partial charge in [0.1, 0.15) is 0 Å². The molecular weight excluding hydrogens is 314 g/mol. The Morgan fingerprint density at radius 2 is 1.52 bits per heavy atom. The third-order valence-electron chi connectivity index (χ3n) is 6.56. The molecule has 3 rings (SSSR count). The Labute approximate surface area is 153 Å². The molecule has 1 amide bonds. The quantitative estimate of drug-likeness (QED) is 0.826. The lowest BCUT2D eigenvalue weighted by Gasteiger charge is -2.38. The molecule has 0 aromatic carbocycles. The Hall–Kier alpha value is -0.650. The Morgan fingerprint density at radius 1 is 0.960 bits per heavy atom. The molecule has 5 heteroatoms. The highest BCUT2D eigenvalue weighted by Gasteiger charge is 2.32. The molecule has 0 aromatic rings. The van der Waals surface area contributed by atoms with Gasteiger partial charge in [-0.3, -0.25) is 4.79 Å². The van der Waals surface area contributed by atoms with Gasteiger partial charge in [-0.1, -0.05) is 26.2 Å². The van der Waals surface area contributed by atoms with Crippen LogP contribution in [0, 0.1) is 5.92 Å². The zero-order valence-corrected chi connectivity index (χ0v) is 16.0. The average Bonchev–Trinajstić information content (AvgIpc) is 2.69. The summed E-state index contributed by atoms with van der Waals surface area (Å²) in [6.45, 7) is 7.33. The van der Waals surface area contributed by atoms with E-state index >= 15 is 0 Å². The molecule has 2 N–H and O–H groups in total. The first-order valence-corrected chi connectivity index (χ1v) is 10.6. The van der Waals surface area contributed by atoms with Crippen molar-refractivity contribution in [2.75, 3.05) is 32.7 Å². The summed E-state index contributed by atoms with van der Waals surface area (Å²) >= 11 is 0. The van der Waals surface area contributed by atoms with E-state index in [0.29, 0.717) is 18.1 Å². The summed E-state index contributed by atoms with van der Waals surface area (Å²) in [7, 11) is 0. The highest BCUT2D eigenvalue weighted by Crippen LogP contribution is 2.27. The van der Waals surface area contributed by atoms with E-state index in [1.165, 1.54) is 19.3 Å². The molecule has 3 aliphatic rings. The smallest absolute Gasteiger partial charge is 0.239 e. The monoisotopic (exact) mass is 351 g/mol. The summed E-state index contributed by atoms with van der Waals surface area (Å²) in [5, 5.41) is 0. The van der Waals surface area contributed by atoms with Gasteiger partial charge in [0.05, 0.1) is 18.2 Å². The maximum absolute atomic E-state index is 12.7. The van der Waals surface area contributed by atoms with Crippen molar-refractivity contribution in [2.45, 2.75) is 83.0 Å². The lowest BCUT2D eigenvalue weighted by Crippen LogP contribution is -2.51. The minimum Gasteiger partial charge on any atom is -0.375 e. The Kier molecular flexibility index (Phi) is 7.14. The second-order valence-electron chi connectivity index (χ2n) is 8.22. The largest absolute Gasteiger partial charge is 0.375 e. The summed E-state index contributed by atoms with van der Waals surface area (Å²) in [6, 6.07) is -0.281. The van der Waals surface area contributed by atoms with E-state index in [-0.39, 0.29) is 11.9 Å². The van der Waals surface area contributed by atoms with E-state index in [4.69, 9.17) is 10.5 Å². The van der Waals surface area contributed by atoms with E-state index in [0.717, 1.165) is 71.2 Å². The number of ether oxygens (including phenoxy) is 1. The van der Waals surface area contributed by atoms with Crippen LogP contribution in [0.4, 0.5) is 0 Å². The van der Waals surface area contributed by atoms with Crippen molar-refractivity contribution >= 4 is 5.91 Å². The highest BCUT2D eigenvalue weighted by molar-refractivity contribution is 5.82. The second-order valence-corrected chi connectivity index (χ2v) is 8.22. The number of nitrogens with zero attached hydrogens (tertiary/aromatic N) is 2. The maximum Gasteiger partial charge on any atom is 0.239 e. The summed E-state index contributed by atoms with van der Waals surface area (Å²) in [4.78, 5) is 17.2. The van der Waals surface area contributed by atoms with Gasteiger partial charge >= 0.3 is 0 Å². The van der Waals surface area contributed by atoms with Gasteiger partial charge in [0.25, 0.3) is 0 Å². The van der Waals surface area contributed by atoms with Gasteiger partial charge in [0.15, 0.2) is 0 Å². The minimum absolute atomic E-state index is 0.182. The van der Waals surface area contributed by atoms with Crippen LogP contribution in [0.1, 0.15) is 64.7 Å². The van der Waals surface area contributed by atoms with Gasteiger partial charge in [-0.05, 0) is 51.0 Å². The molecule has 1 aliphatic carbocycles. The number of hydrogen-bond donors (Lipinski definition) is 1. The number of nitrogens with two attached hydrogens (primary N) is 1. The first-order valence-electron chi connectivity index (χ1n) is 10.6. The van der Waals surface area contributed by atoms with Crippen molar-refractivity contribution in [1.29, 1.82) is 0 Å². The SMILES string of the molecule is CCN1CCC(OC2CCN(C(=O)C(N)C3CCCCC3)CC2)CC1. The van der Waals surface area contributed by atoms with Gasteiger partial charge in [-0.2, -0.15) is 0 Å². The van der Waals surface area contributed by atoms with Crippen LogP contribution < -0.4 is 5.73 Å². The maximum atomic E-state index is 12.7. The molecule has 0 radical (unpaired) electrons. The molecule has 3 fully saturated rings.